The maximum Gasteiger partial charge on any atom is 0.426 e. The summed E-state index contributed by atoms with van der Waals surface area (Å²) in [7, 11) is 1.52. The number of carbonyl (C=O) groups is 2. The van der Waals surface area contributed by atoms with E-state index in [1.54, 1.807) is 35.8 Å². The first-order valence-electron chi connectivity index (χ1n) is 11.7. The Morgan fingerprint density at radius 2 is 1.82 bits per heavy atom. The molecule has 13 heteroatoms. The fourth-order valence-electron chi connectivity index (χ4n) is 4.40. The molecule has 0 aliphatic carbocycles. The minimum absolute atomic E-state index is 0.0899. The van der Waals surface area contributed by atoms with Gasteiger partial charge in [0, 0.05) is 35.9 Å². The summed E-state index contributed by atoms with van der Waals surface area (Å²) in [6.45, 7) is 2.06. The van der Waals surface area contributed by atoms with Gasteiger partial charge in [-0.1, -0.05) is 18.2 Å². The molecule has 200 valence electrons. The molecule has 0 spiro atoms. The van der Waals surface area contributed by atoms with Crippen LogP contribution in [0.5, 0.6) is 0 Å². The van der Waals surface area contributed by atoms with Gasteiger partial charge in [0.1, 0.15) is 16.1 Å². The standard InChI is InChI=1S/C26H21F3N6O3S/c1-3-34-19(14-7-9-17(10-8-14)35-13-31-33(2)25(35)38)12-18-20(34)21(39-22(18)26(27,28)29)24(37)32-16-6-4-5-15(11-16)23(30)36/h4-13H,3H2,1-2H3,(H2,30,36)(H,32,37). The molecule has 9 nitrogen and oxygen atoms in total. The van der Waals surface area contributed by atoms with E-state index < -0.39 is 22.9 Å². The summed E-state index contributed by atoms with van der Waals surface area (Å²) in [6.07, 6.45) is -3.31. The second-order valence-corrected chi connectivity index (χ2v) is 9.67. The van der Waals surface area contributed by atoms with Crippen LogP contribution in [-0.2, 0) is 19.8 Å². The number of fused-ring (bicyclic) bond motifs is 1. The van der Waals surface area contributed by atoms with Crippen LogP contribution < -0.4 is 16.7 Å². The number of halogens is 3. The molecule has 0 aliphatic heterocycles. The number of amides is 2. The average Bonchev–Trinajstić information content (AvgIpc) is 3.56. The largest absolute Gasteiger partial charge is 0.426 e. The number of thiophene rings is 1. The van der Waals surface area contributed by atoms with Crippen molar-refractivity contribution < 1.29 is 22.8 Å². The molecule has 3 N–H and O–H groups in total. The summed E-state index contributed by atoms with van der Waals surface area (Å²) < 4.78 is 46.4. The fraction of sp³-hybridized carbons (Fsp3) is 0.154. The molecule has 0 aliphatic rings. The summed E-state index contributed by atoms with van der Waals surface area (Å²) in [5.41, 5.74) is 7.11. The Balaban J connectivity index is 1.61. The van der Waals surface area contributed by atoms with Crippen LogP contribution in [0.25, 0.3) is 27.8 Å². The monoisotopic (exact) mass is 554 g/mol. The minimum Gasteiger partial charge on any atom is -0.366 e. The first kappa shape index (κ1) is 26.0. The molecule has 0 atom stereocenters. The van der Waals surface area contributed by atoms with Gasteiger partial charge < -0.3 is 15.6 Å². The van der Waals surface area contributed by atoms with Gasteiger partial charge >= 0.3 is 11.9 Å². The molecule has 0 unspecified atom stereocenters. The van der Waals surface area contributed by atoms with Gasteiger partial charge in [0.2, 0.25) is 5.91 Å². The molecule has 5 aromatic rings. The zero-order valence-electron chi connectivity index (χ0n) is 20.6. The first-order chi connectivity index (χ1) is 18.5. The van der Waals surface area contributed by atoms with Crippen molar-refractivity contribution in [3.63, 3.8) is 0 Å². The maximum absolute atomic E-state index is 14.1. The Bertz CT molecular complexity index is 1790. The van der Waals surface area contributed by atoms with Crippen molar-refractivity contribution in [2.75, 3.05) is 5.32 Å². The summed E-state index contributed by atoms with van der Waals surface area (Å²) in [6, 6.07) is 14.0. The predicted molar refractivity (Wildman–Crippen MR) is 141 cm³/mol. The van der Waals surface area contributed by atoms with Crippen molar-refractivity contribution in [3.8, 4) is 16.9 Å². The molecule has 2 amide bonds. The Morgan fingerprint density at radius 3 is 2.41 bits per heavy atom. The molecular weight excluding hydrogens is 533 g/mol. The molecule has 0 radical (unpaired) electrons. The third-order valence-electron chi connectivity index (χ3n) is 6.21. The second kappa shape index (κ2) is 9.58. The lowest BCUT2D eigenvalue weighted by Gasteiger charge is -2.11. The molecule has 0 fully saturated rings. The lowest BCUT2D eigenvalue weighted by atomic mass is 10.1. The van der Waals surface area contributed by atoms with Crippen molar-refractivity contribution in [3.05, 3.63) is 86.7 Å². The summed E-state index contributed by atoms with van der Waals surface area (Å²) in [5, 5.41) is 6.42. The molecule has 0 saturated heterocycles. The number of anilines is 1. The molecule has 5 rings (SSSR count). The number of hydrogen-bond donors (Lipinski definition) is 2. The number of aryl methyl sites for hydroxylation is 2. The highest BCUT2D eigenvalue weighted by atomic mass is 32.1. The number of nitrogens with zero attached hydrogens (tertiary/aromatic N) is 4. The van der Waals surface area contributed by atoms with Gasteiger partial charge in [0.15, 0.2) is 0 Å². The van der Waals surface area contributed by atoms with Gasteiger partial charge in [-0.2, -0.15) is 18.3 Å². The van der Waals surface area contributed by atoms with Gasteiger partial charge in [-0.15, -0.1) is 11.3 Å². The second-order valence-electron chi connectivity index (χ2n) is 8.65. The highest BCUT2D eigenvalue weighted by molar-refractivity contribution is 7.16. The lowest BCUT2D eigenvalue weighted by molar-refractivity contribution is -0.133. The number of aromatic nitrogens is 4. The molecule has 3 aromatic heterocycles. The number of nitrogens with one attached hydrogen (secondary N) is 1. The summed E-state index contributed by atoms with van der Waals surface area (Å²) >= 11 is 0.364. The topological polar surface area (TPSA) is 117 Å². The van der Waals surface area contributed by atoms with Crippen molar-refractivity contribution in [2.45, 2.75) is 19.6 Å². The number of primary amides is 1. The lowest BCUT2D eigenvalue weighted by Crippen LogP contribution is -2.21. The molecular formula is C26H21F3N6O3S. The zero-order valence-corrected chi connectivity index (χ0v) is 21.4. The van der Waals surface area contributed by atoms with E-state index in [4.69, 9.17) is 5.73 Å². The molecule has 3 heterocycles. The number of carbonyl (C=O) groups excluding carboxylic acids is 2. The smallest absolute Gasteiger partial charge is 0.366 e. The van der Waals surface area contributed by atoms with E-state index in [-0.39, 0.29) is 39.3 Å². The fourth-order valence-corrected chi connectivity index (χ4v) is 5.44. The molecule has 2 aromatic carbocycles. The van der Waals surface area contributed by atoms with E-state index in [2.05, 4.69) is 10.4 Å². The van der Waals surface area contributed by atoms with E-state index >= 15 is 0 Å². The van der Waals surface area contributed by atoms with Crippen LogP contribution >= 0.6 is 11.3 Å². The summed E-state index contributed by atoms with van der Waals surface area (Å²) in [5.74, 6) is -1.44. The van der Waals surface area contributed by atoms with Crippen LogP contribution in [0.2, 0.25) is 0 Å². The maximum atomic E-state index is 14.1. The Kier molecular flexibility index (Phi) is 6.38. The first-order valence-corrected chi connectivity index (χ1v) is 12.5. The van der Waals surface area contributed by atoms with Crippen molar-refractivity contribution in [1.29, 1.82) is 0 Å². The highest BCUT2D eigenvalue weighted by Gasteiger charge is 2.38. The van der Waals surface area contributed by atoms with Gasteiger partial charge in [-0.05, 0) is 48.9 Å². The van der Waals surface area contributed by atoms with Gasteiger partial charge in [0.05, 0.1) is 11.2 Å². The van der Waals surface area contributed by atoms with Crippen LogP contribution in [-0.4, -0.2) is 30.7 Å². The molecule has 0 bridgehead atoms. The van der Waals surface area contributed by atoms with E-state index in [0.717, 1.165) is 0 Å². The average molecular weight is 555 g/mol. The Labute approximate surface area is 222 Å². The number of alkyl halides is 3. The number of benzene rings is 2. The Morgan fingerprint density at radius 1 is 1.10 bits per heavy atom. The highest BCUT2D eigenvalue weighted by Crippen LogP contribution is 2.45. The molecule has 0 saturated carbocycles. The SMILES string of the molecule is CCn1c(-c2ccc(-n3cnn(C)c3=O)cc2)cc2c(C(F)(F)F)sc(C(=O)Nc3cccc(C(N)=O)c3)c21. The van der Waals surface area contributed by atoms with E-state index in [1.807, 2.05) is 0 Å². The normalized spacial score (nSPS) is 11.7. The van der Waals surface area contributed by atoms with Crippen LogP contribution in [0.4, 0.5) is 18.9 Å². The van der Waals surface area contributed by atoms with Crippen molar-refractivity contribution in [1.82, 2.24) is 18.9 Å². The van der Waals surface area contributed by atoms with E-state index in [0.29, 0.717) is 28.3 Å². The van der Waals surface area contributed by atoms with Gasteiger partial charge in [0.25, 0.3) is 5.91 Å². The van der Waals surface area contributed by atoms with Crippen LogP contribution in [0.3, 0.4) is 0 Å². The number of rotatable bonds is 6. The third kappa shape index (κ3) is 4.61. The van der Waals surface area contributed by atoms with E-state index in [9.17, 15) is 27.6 Å². The Hall–Kier alpha value is -4.65. The number of nitrogens with two attached hydrogens (primary N) is 1. The van der Waals surface area contributed by atoms with Crippen molar-refractivity contribution >= 4 is 39.7 Å². The van der Waals surface area contributed by atoms with Gasteiger partial charge in [-0.3, -0.25) is 9.59 Å². The summed E-state index contributed by atoms with van der Waals surface area (Å²) in [4.78, 5) is 36.0. The predicted octanol–water partition coefficient (Wildman–Crippen LogP) is 4.64. The van der Waals surface area contributed by atoms with E-state index in [1.165, 1.54) is 53.0 Å². The third-order valence-corrected chi connectivity index (χ3v) is 7.45. The zero-order chi connectivity index (χ0) is 28.1. The molecule has 39 heavy (non-hydrogen) atoms. The van der Waals surface area contributed by atoms with Crippen molar-refractivity contribution in [2.24, 2.45) is 12.8 Å². The van der Waals surface area contributed by atoms with Gasteiger partial charge in [-0.25, -0.2) is 14.0 Å². The minimum atomic E-state index is -4.68. The van der Waals surface area contributed by atoms with Crippen LogP contribution in [0.15, 0.2) is 65.7 Å². The quantitative estimate of drug-likeness (QED) is 0.318. The van der Waals surface area contributed by atoms with Crippen LogP contribution in [0.1, 0.15) is 31.8 Å². The number of hydrogen-bond acceptors (Lipinski definition) is 5. The van der Waals surface area contributed by atoms with Crippen LogP contribution in [0, 0.1) is 0 Å².